The molecule has 0 saturated heterocycles. The van der Waals surface area contributed by atoms with Crippen LogP contribution in [0.25, 0.3) is 0 Å². The van der Waals surface area contributed by atoms with E-state index >= 15 is 0 Å². The molecule has 0 bridgehead atoms. The predicted octanol–water partition coefficient (Wildman–Crippen LogP) is 2.62. The molecule has 1 aromatic heterocycles. The highest BCUT2D eigenvalue weighted by Crippen LogP contribution is 2.46. The first-order chi connectivity index (χ1) is 7.97. The summed E-state index contributed by atoms with van der Waals surface area (Å²) >= 11 is 0. The first-order valence-corrected chi connectivity index (χ1v) is 6.40. The van der Waals surface area contributed by atoms with Gasteiger partial charge >= 0.3 is 0 Å². The zero-order valence-corrected chi connectivity index (χ0v) is 11.2. The van der Waals surface area contributed by atoms with E-state index in [2.05, 4.69) is 25.8 Å². The Labute approximate surface area is 104 Å². The van der Waals surface area contributed by atoms with Crippen molar-refractivity contribution < 1.29 is 4.42 Å². The minimum Gasteiger partial charge on any atom is -0.472 e. The zero-order valence-electron chi connectivity index (χ0n) is 11.2. The predicted molar refractivity (Wildman–Crippen MR) is 69.6 cm³/mol. The minimum atomic E-state index is 0.167. The molecule has 1 fully saturated rings. The molecule has 1 aliphatic rings. The number of hydrogen-bond donors (Lipinski definition) is 1. The van der Waals surface area contributed by atoms with Crippen molar-refractivity contribution in [2.24, 2.45) is 11.1 Å². The monoisotopic (exact) mass is 236 g/mol. The Morgan fingerprint density at radius 3 is 2.65 bits per heavy atom. The molecule has 2 rings (SSSR count). The number of likely N-dealkylation sites (N-methyl/N-ethyl adjacent to an activating group) is 1. The summed E-state index contributed by atoms with van der Waals surface area (Å²) in [6.45, 7) is 6.35. The average Bonchev–Trinajstić information content (AvgIpc) is 2.86. The van der Waals surface area contributed by atoms with Gasteiger partial charge in [-0.3, -0.25) is 4.90 Å². The summed E-state index contributed by atoms with van der Waals surface area (Å²) in [6, 6.07) is 2.03. The molecule has 3 heteroatoms. The third-order valence-corrected chi connectivity index (χ3v) is 4.26. The Balaban J connectivity index is 2.08. The number of nitrogens with two attached hydrogens (primary N) is 1. The maximum atomic E-state index is 6.05. The molecule has 17 heavy (non-hydrogen) atoms. The van der Waals surface area contributed by atoms with E-state index in [1.54, 1.807) is 6.26 Å². The lowest BCUT2D eigenvalue weighted by atomic mass is 9.86. The van der Waals surface area contributed by atoms with E-state index in [0.29, 0.717) is 5.41 Å². The van der Waals surface area contributed by atoms with E-state index in [9.17, 15) is 0 Å². The maximum Gasteiger partial charge on any atom is 0.0947 e. The van der Waals surface area contributed by atoms with Crippen LogP contribution in [0.5, 0.6) is 0 Å². The van der Waals surface area contributed by atoms with E-state index in [4.69, 9.17) is 10.2 Å². The molecule has 1 heterocycles. The number of rotatable bonds is 4. The van der Waals surface area contributed by atoms with Gasteiger partial charge in [0.2, 0.25) is 0 Å². The van der Waals surface area contributed by atoms with Crippen LogP contribution in [-0.4, -0.2) is 24.0 Å². The quantitative estimate of drug-likeness (QED) is 0.874. The normalized spacial score (nSPS) is 27.8. The Hall–Kier alpha value is -0.800. The summed E-state index contributed by atoms with van der Waals surface area (Å²) in [5, 5.41) is 0. The van der Waals surface area contributed by atoms with Crippen LogP contribution < -0.4 is 5.73 Å². The second kappa shape index (κ2) is 4.46. The fourth-order valence-electron chi connectivity index (χ4n) is 3.12. The van der Waals surface area contributed by atoms with Crippen LogP contribution in [0.2, 0.25) is 0 Å². The van der Waals surface area contributed by atoms with Gasteiger partial charge in [0.1, 0.15) is 0 Å². The van der Waals surface area contributed by atoms with Gasteiger partial charge in [-0.2, -0.15) is 0 Å². The summed E-state index contributed by atoms with van der Waals surface area (Å²) in [5.41, 5.74) is 7.87. The van der Waals surface area contributed by atoms with Crippen molar-refractivity contribution in [3.8, 4) is 0 Å². The van der Waals surface area contributed by atoms with E-state index in [1.807, 2.05) is 12.3 Å². The standard InChI is InChI=1S/C14H24N2O/c1-13(2)5-6-14(10-13,11-15)16(3)8-12-4-7-17-9-12/h4,7,9H,5-6,8,10-11,15H2,1-3H3. The van der Waals surface area contributed by atoms with Gasteiger partial charge in [0.25, 0.3) is 0 Å². The third kappa shape index (κ3) is 2.55. The number of furan rings is 1. The van der Waals surface area contributed by atoms with Crippen LogP contribution in [0, 0.1) is 5.41 Å². The first kappa shape index (κ1) is 12.7. The Morgan fingerprint density at radius 2 is 2.18 bits per heavy atom. The van der Waals surface area contributed by atoms with Gasteiger partial charge < -0.3 is 10.2 Å². The molecule has 3 nitrogen and oxygen atoms in total. The van der Waals surface area contributed by atoms with Gasteiger partial charge in [-0.1, -0.05) is 13.8 Å². The van der Waals surface area contributed by atoms with Crippen LogP contribution in [0.15, 0.2) is 23.0 Å². The van der Waals surface area contributed by atoms with E-state index in [1.165, 1.54) is 24.8 Å². The van der Waals surface area contributed by atoms with E-state index < -0.39 is 0 Å². The van der Waals surface area contributed by atoms with Gasteiger partial charge in [-0.05, 0) is 37.8 Å². The molecule has 1 saturated carbocycles. The van der Waals surface area contributed by atoms with E-state index in [0.717, 1.165) is 13.1 Å². The van der Waals surface area contributed by atoms with Gasteiger partial charge in [0.15, 0.2) is 0 Å². The highest BCUT2D eigenvalue weighted by molar-refractivity contribution is 5.08. The smallest absolute Gasteiger partial charge is 0.0947 e. The van der Waals surface area contributed by atoms with Gasteiger partial charge in [0.05, 0.1) is 12.5 Å². The van der Waals surface area contributed by atoms with Crippen LogP contribution in [0.3, 0.4) is 0 Å². The molecule has 1 aliphatic carbocycles. The SMILES string of the molecule is CN(Cc1ccoc1)C1(CN)CCC(C)(C)C1. The molecular formula is C14H24N2O. The molecule has 0 spiro atoms. The molecule has 96 valence electrons. The van der Waals surface area contributed by atoms with Crippen molar-refractivity contribution in [2.45, 2.75) is 45.2 Å². The van der Waals surface area contributed by atoms with Crippen LogP contribution in [0.1, 0.15) is 38.7 Å². The topological polar surface area (TPSA) is 42.4 Å². The van der Waals surface area contributed by atoms with Gasteiger partial charge in [-0.25, -0.2) is 0 Å². The summed E-state index contributed by atoms with van der Waals surface area (Å²) in [5.74, 6) is 0. The lowest BCUT2D eigenvalue weighted by molar-refractivity contribution is 0.111. The molecule has 2 N–H and O–H groups in total. The average molecular weight is 236 g/mol. The number of nitrogens with zero attached hydrogens (tertiary/aromatic N) is 1. The summed E-state index contributed by atoms with van der Waals surface area (Å²) in [4.78, 5) is 2.41. The van der Waals surface area contributed by atoms with Crippen molar-refractivity contribution >= 4 is 0 Å². The minimum absolute atomic E-state index is 0.167. The molecule has 0 amide bonds. The number of hydrogen-bond acceptors (Lipinski definition) is 3. The molecule has 1 atom stereocenters. The second-order valence-corrected chi connectivity index (χ2v) is 6.26. The highest BCUT2D eigenvalue weighted by atomic mass is 16.3. The van der Waals surface area contributed by atoms with Crippen molar-refractivity contribution in [1.82, 2.24) is 4.90 Å². The zero-order chi connectivity index (χ0) is 12.5. The highest BCUT2D eigenvalue weighted by Gasteiger charge is 2.44. The summed E-state index contributed by atoms with van der Waals surface area (Å²) in [6.07, 6.45) is 7.20. The van der Waals surface area contributed by atoms with Crippen molar-refractivity contribution in [2.75, 3.05) is 13.6 Å². The van der Waals surface area contributed by atoms with Crippen LogP contribution in [-0.2, 0) is 6.54 Å². The lowest BCUT2D eigenvalue weighted by Crippen LogP contribution is -2.50. The summed E-state index contributed by atoms with van der Waals surface area (Å²) in [7, 11) is 2.18. The Morgan fingerprint density at radius 1 is 1.41 bits per heavy atom. The van der Waals surface area contributed by atoms with Crippen molar-refractivity contribution in [1.29, 1.82) is 0 Å². The fraction of sp³-hybridized carbons (Fsp3) is 0.714. The second-order valence-electron chi connectivity index (χ2n) is 6.26. The van der Waals surface area contributed by atoms with Crippen LogP contribution >= 0.6 is 0 Å². The molecule has 0 aliphatic heterocycles. The Bertz CT molecular complexity index is 358. The van der Waals surface area contributed by atoms with E-state index in [-0.39, 0.29) is 5.54 Å². The lowest BCUT2D eigenvalue weighted by Gasteiger charge is -2.39. The fourth-order valence-corrected chi connectivity index (χ4v) is 3.12. The Kier molecular flexibility index (Phi) is 3.32. The largest absolute Gasteiger partial charge is 0.472 e. The molecule has 0 radical (unpaired) electrons. The molecule has 0 aromatic carbocycles. The van der Waals surface area contributed by atoms with Gasteiger partial charge in [-0.15, -0.1) is 0 Å². The van der Waals surface area contributed by atoms with Crippen LogP contribution in [0.4, 0.5) is 0 Å². The molecular weight excluding hydrogens is 212 g/mol. The van der Waals surface area contributed by atoms with Crippen molar-refractivity contribution in [3.05, 3.63) is 24.2 Å². The maximum absolute atomic E-state index is 6.05. The third-order valence-electron chi connectivity index (χ3n) is 4.26. The molecule has 1 unspecified atom stereocenters. The molecule has 1 aromatic rings. The van der Waals surface area contributed by atoms with Crippen molar-refractivity contribution in [3.63, 3.8) is 0 Å². The first-order valence-electron chi connectivity index (χ1n) is 6.40. The summed E-state index contributed by atoms with van der Waals surface area (Å²) < 4.78 is 5.13. The van der Waals surface area contributed by atoms with Gasteiger partial charge in [0, 0.05) is 24.2 Å².